The highest BCUT2D eigenvalue weighted by Gasteiger charge is 2.21. The van der Waals surface area contributed by atoms with Crippen molar-refractivity contribution in [3.63, 3.8) is 0 Å². The smallest absolute Gasteiger partial charge is 0.231 e. The molecule has 3 aromatic carbocycles. The van der Waals surface area contributed by atoms with Crippen molar-refractivity contribution in [3.05, 3.63) is 78.4 Å². The number of rotatable bonds is 5. The Kier molecular flexibility index (Phi) is 5.16. The average molecular weight is 440 g/mol. The molecule has 0 spiro atoms. The van der Waals surface area contributed by atoms with Gasteiger partial charge in [-0.2, -0.15) is 4.98 Å². The molecule has 33 heavy (non-hydrogen) atoms. The van der Waals surface area contributed by atoms with Crippen molar-refractivity contribution in [2.24, 2.45) is 0 Å². The Hall–Kier alpha value is -3.84. The number of aromatic nitrogens is 2. The molecule has 0 saturated carbocycles. The van der Waals surface area contributed by atoms with Gasteiger partial charge in [0.25, 0.3) is 0 Å². The largest absolute Gasteiger partial charge is 0.454 e. The van der Waals surface area contributed by atoms with Crippen molar-refractivity contribution in [3.8, 4) is 11.5 Å². The molecular formula is C26H25N5O2. The monoisotopic (exact) mass is 439 g/mol. The lowest BCUT2D eigenvalue weighted by Crippen LogP contribution is -2.46. The van der Waals surface area contributed by atoms with Crippen molar-refractivity contribution in [2.75, 3.05) is 43.2 Å². The number of nitrogens with zero attached hydrogens (tertiary/aromatic N) is 4. The van der Waals surface area contributed by atoms with Crippen molar-refractivity contribution in [1.29, 1.82) is 0 Å². The van der Waals surface area contributed by atoms with E-state index in [1.807, 2.05) is 54.6 Å². The number of hydrogen-bond donors (Lipinski definition) is 1. The molecule has 1 fully saturated rings. The van der Waals surface area contributed by atoms with Crippen LogP contribution in [0.1, 0.15) is 5.56 Å². The van der Waals surface area contributed by atoms with E-state index < -0.39 is 0 Å². The van der Waals surface area contributed by atoms with Gasteiger partial charge in [0.05, 0.1) is 5.52 Å². The summed E-state index contributed by atoms with van der Waals surface area (Å²) in [6, 6.07) is 24.5. The first kappa shape index (κ1) is 19.8. The fourth-order valence-corrected chi connectivity index (χ4v) is 4.36. The first-order chi connectivity index (χ1) is 16.3. The van der Waals surface area contributed by atoms with Crippen LogP contribution >= 0.6 is 0 Å². The number of ether oxygens (including phenoxy) is 2. The first-order valence-corrected chi connectivity index (χ1v) is 11.3. The van der Waals surface area contributed by atoms with Crippen LogP contribution in [0.5, 0.6) is 11.5 Å². The highest BCUT2D eigenvalue weighted by molar-refractivity contribution is 5.91. The summed E-state index contributed by atoms with van der Waals surface area (Å²) in [5.74, 6) is 3.28. The number of hydrogen-bond acceptors (Lipinski definition) is 7. The van der Waals surface area contributed by atoms with Gasteiger partial charge in [0, 0.05) is 43.8 Å². The Balaban J connectivity index is 1.18. The van der Waals surface area contributed by atoms with Gasteiger partial charge in [-0.05, 0) is 42.0 Å². The SMILES string of the molecule is c1ccc(Nc2nc(N3CCN(Cc4ccc5c(c4)OCO5)CC3)nc3ccccc23)cc1. The first-order valence-electron chi connectivity index (χ1n) is 11.3. The molecule has 4 aromatic rings. The minimum absolute atomic E-state index is 0.310. The van der Waals surface area contributed by atoms with Gasteiger partial charge in [-0.25, -0.2) is 4.98 Å². The van der Waals surface area contributed by atoms with Crippen LogP contribution in [-0.4, -0.2) is 47.8 Å². The van der Waals surface area contributed by atoms with E-state index in [1.54, 1.807) is 0 Å². The van der Waals surface area contributed by atoms with Crippen molar-refractivity contribution in [1.82, 2.24) is 14.9 Å². The van der Waals surface area contributed by atoms with Gasteiger partial charge in [-0.1, -0.05) is 36.4 Å². The van der Waals surface area contributed by atoms with Crippen LogP contribution in [0.3, 0.4) is 0 Å². The van der Waals surface area contributed by atoms with Crippen LogP contribution in [0.2, 0.25) is 0 Å². The van der Waals surface area contributed by atoms with E-state index in [9.17, 15) is 0 Å². The summed E-state index contributed by atoms with van der Waals surface area (Å²) in [6.07, 6.45) is 0. The molecule has 0 atom stereocenters. The predicted octanol–water partition coefficient (Wildman–Crippen LogP) is 4.42. The number of fused-ring (bicyclic) bond motifs is 2. The van der Waals surface area contributed by atoms with E-state index in [0.29, 0.717) is 6.79 Å². The molecule has 0 radical (unpaired) electrons. The fraction of sp³-hybridized carbons (Fsp3) is 0.231. The second-order valence-electron chi connectivity index (χ2n) is 8.33. The minimum Gasteiger partial charge on any atom is -0.454 e. The average Bonchev–Trinajstić information content (AvgIpc) is 3.33. The molecular weight excluding hydrogens is 414 g/mol. The molecule has 2 aliphatic heterocycles. The van der Waals surface area contributed by atoms with Gasteiger partial charge in [-0.15, -0.1) is 0 Å². The van der Waals surface area contributed by atoms with Crippen LogP contribution in [0.15, 0.2) is 72.8 Å². The second kappa shape index (κ2) is 8.60. The summed E-state index contributed by atoms with van der Waals surface area (Å²) in [6.45, 7) is 4.87. The fourth-order valence-electron chi connectivity index (χ4n) is 4.36. The third-order valence-corrected chi connectivity index (χ3v) is 6.13. The highest BCUT2D eigenvalue weighted by atomic mass is 16.7. The molecule has 0 amide bonds. The summed E-state index contributed by atoms with van der Waals surface area (Å²) in [5, 5.41) is 4.50. The zero-order chi connectivity index (χ0) is 22.0. The standard InChI is InChI=1S/C26H25N5O2/c1-2-6-20(7-3-1)27-25-21-8-4-5-9-22(21)28-26(29-25)31-14-12-30(13-15-31)17-19-10-11-23-24(16-19)33-18-32-23/h1-11,16H,12-15,17-18H2,(H,27,28,29). The van der Waals surface area contributed by atoms with E-state index in [2.05, 4.69) is 33.3 Å². The maximum Gasteiger partial charge on any atom is 0.231 e. The third-order valence-electron chi connectivity index (χ3n) is 6.13. The van der Waals surface area contributed by atoms with Crippen molar-refractivity contribution < 1.29 is 9.47 Å². The topological polar surface area (TPSA) is 62.8 Å². The third kappa shape index (κ3) is 4.15. The van der Waals surface area contributed by atoms with Crippen LogP contribution < -0.4 is 19.7 Å². The van der Waals surface area contributed by atoms with Gasteiger partial charge in [-0.3, -0.25) is 4.90 Å². The van der Waals surface area contributed by atoms with Crippen molar-refractivity contribution >= 4 is 28.4 Å². The second-order valence-corrected chi connectivity index (χ2v) is 8.33. The summed E-state index contributed by atoms with van der Waals surface area (Å²) in [4.78, 5) is 14.5. The van der Waals surface area contributed by atoms with Gasteiger partial charge in [0.15, 0.2) is 11.5 Å². The van der Waals surface area contributed by atoms with E-state index in [-0.39, 0.29) is 0 Å². The van der Waals surface area contributed by atoms with Gasteiger partial charge in [0.2, 0.25) is 12.7 Å². The molecule has 0 bridgehead atoms. The van der Waals surface area contributed by atoms with E-state index >= 15 is 0 Å². The zero-order valence-electron chi connectivity index (χ0n) is 18.3. The molecule has 2 aliphatic rings. The maximum atomic E-state index is 5.52. The molecule has 6 rings (SSSR count). The van der Waals surface area contributed by atoms with Crippen LogP contribution in [0.25, 0.3) is 10.9 Å². The lowest BCUT2D eigenvalue weighted by molar-refractivity contribution is 0.174. The highest BCUT2D eigenvalue weighted by Crippen LogP contribution is 2.33. The number of benzene rings is 3. The summed E-state index contributed by atoms with van der Waals surface area (Å²) in [7, 11) is 0. The number of para-hydroxylation sites is 2. The minimum atomic E-state index is 0.310. The molecule has 1 aromatic heterocycles. The molecule has 166 valence electrons. The predicted molar refractivity (Wildman–Crippen MR) is 129 cm³/mol. The summed E-state index contributed by atoms with van der Waals surface area (Å²) < 4.78 is 10.9. The van der Waals surface area contributed by atoms with E-state index in [4.69, 9.17) is 19.4 Å². The van der Waals surface area contributed by atoms with Crippen LogP contribution in [0.4, 0.5) is 17.5 Å². The van der Waals surface area contributed by atoms with Crippen LogP contribution in [-0.2, 0) is 6.54 Å². The Morgan fingerprint density at radius 1 is 0.788 bits per heavy atom. The van der Waals surface area contributed by atoms with Gasteiger partial charge in [0.1, 0.15) is 5.82 Å². The zero-order valence-corrected chi connectivity index (χ0v) is 18.3. The quantitative estimate of drug-likeness (QED) is 0.494. The Morgan fingerprint density at radius 3 is 2.45 bits per heavy atom. The van der Waals surface area contributed by atoms with Gasteiger partial charge < -0.3 is 19.7 Å². The number of piperazine rings is 1. The van der Waals surface area contributed by atoms with Crippen LogP contribution in [0, 0.1) is 0 Å². The van der Waals surface area contributed by atoms with Crippen molar-refractivity contribution in [2.45, 2.75) is 6.54 Å². The summed E-state index contributed by atoms with van der Waals surface area (Å²) >= 11 is 0. The molecule has 3 heterocycles. The summed E-state index contributed by atoms with van der Waals surface area (Å²) in [5.41, 5.74) is 3.20. The normalized spacial score (nSPS) is 15.7. The Labute approximate surface area is 192 Å². The van der Waals surface area contributed by atoms with Gasteiger partial charge >= 0.3 is 0 Å². The molecule has 0 unspecified atom stereocenters. The molecule has 7 nitrogen and oxygen atoms in total. The molecule has 0 aliphatic carbocycles. The maximum absolute atomic E-state index is 5.52. The Bertz CT molecular complexity index is 1270. The number of nitrogens with one attached hydrogen (secondary N) is 1. The lowest BCUT2D eigenvalue weighted by atomic mass is 10.1. The lowest BCUT2D eigenvalue weighted by Gasteiger charge is -2.35. The molecule has 1 N–H and O–H groups in total. The molecule has 1 saturated heterocycles. The Morgan fingerprint density at radius 2 is 1.58 bits per heavy atom. The van der Waals surface area contributed by atoms with E-state index in [0.717, 1.165) is 72.6 Å². The van der Waals surface area contributed by atoms with E-state index in [1.165, 1.54) is 5.56 Å². The number of anilines is 3. The molecule has 7 heteroatoms.